The number of hydrogen-bond acceptors (Lipinski definition) is 5. The van der Waals surface area contributed by atoms with Gasteiger partial charge >= 0.3 is 12.4 Å². The molecule has 3 aromatic rings. The van der Waals surface area contributed by atoms with Gasteiger partial charge in [-0.25, -0.2) is 9.78 Å². The van der Waals surface area contributed by atoms with Crippen LogP contribution in [0.5, 0.6) is 17.4 Å². The summed E-state index contributed by atoms with van der Waals surface area (Å²) in [5.41, 5.74) is 2.86. The number of aromatic nitrogens is 1. The second-order valence-electron chi connectivity index (χ2n) is 6.93. The molecule has 0 radical (unpaired) electrons. The molecule has 0 bridgehead atoms. The summed E-state index contributed by atoms with van der Waals surface area (Å²) >= 11 is 0. The number of halogens is 3. The smallest absolute Gasteiger partial charge is 0.437 e. The summed E-state index contributed by atoms with van der Waals surface area (Å²) in [5, 5.41) is 8.50. The molecule has 1 aliphatic heterocycles. The predicted molar refractivity (Wildman–Crippen MR) is 112 cm³/mol. The van der Waals surface area contributed by atoms with Gasteiger partial charge in [-0.1, -0.05) is 12.1 Å². The van der Waals surface area contributed by atoms with Crippen LogP contribution in [-0.2, 0) is 13.0 Å². The minimum Gasteiger partial charge on any atom is -0.437 e. The number of fused-ring (bicyclic) bond motifs is 1. The lowest BCUT2D eigenvalue weighted by atomic mass is 10.0. The first kappa shape index (κ1) is 21.4. The second-order valence-corrected chi connectivity index (χ2v) is 6.93. The molecule has 0 spiro atoms. The summed E-state index contributed by atoms with van der Waals surface area (Å²) in [7, 11) is 0. The van der Waals surface area contributed by atoms with Crippen molar-refractivity contribution in [3.63, 3.8) is 0 Å². The van der Waals surface area contributed by atoms with E-state index in [0.717, 1.165) is 30.7 Å². The van der Waals surface area contributed by atoms with Crippen molar-refractivity contribution in [2.75, 3.05) is 17.2 Å². The molecule has 0 unspecified atom stereocenters. The third-order valence-electron chi connectivity index (χ3n) is 4.67. The van der Waals surface area contributed by atoms with E-state index in [1.807, 2.05) is 12.1 Å². The number of nitrogens with zero attached hydrogens (tertiary/aromatic N) is 1. The SMILES string of the molecule is O=C(Nc1ccc(OC(F)(F)F)cc1)Nc1cccnc1Oc1cccc2c1CNCC2. The van der Waals surface area contributed by atoms with Crippen molar-refractivity contribution in [1.82, 2.24) is 10.3 Å². The summed E-state index contributed by atoms with van der Waals surface area (Å²) in [4.78, 5) is 16.6. The van der Waals surface area contributed by atoms with Crippen LogP contribution in [0.25, 0.3) is 0 Å². The molecule has 0 saturated heterocycles. The number of pyridine rings is 1. The van der Waals surface area contributed by atoms with Gasteiger partial charge in [0, 0.05) is 24.0 Å². The number of amides is 2. The Bertz CT molecular complexity index is 1100. The molecule has 166 valence electrons. The Balaban J connectivity index is 1.44. The van der Waals surface area contributed by atoms with Crippen LogP contribution in [0.4, 0.5) is 29.3 Å². The highest BCUT2D eigenvalue weighted by atomic mass is 19.4. The lowest BCUT2D eigenvalue weighted by Gasteiger charge is -2.20. The van der Waals surface area contributed by atoms with Crippen LogP contribution in [0.1, 0.15) is 11.1 Å². The minimum atomic E-state index is -4.78. The normalized spacial score (nSPS) is 13.1. The Morgan fingerprint density at radius 3 is 2.62 bits per heavy atom. The Morgan fingerprint density at radius 2 is 1.84 bits per heavy atom. The molecular weight excluding hydrogens is 425 g/mol. The topological polar surface area (TPSA) is 84.5 Å². The zero-order valence-electron chi connectivity index (χ0n) is 16.7. The molecule has 4 rings (SSSR count). The molecular formula is C22H19F3N4O3. The third-order valence-corrected chi connectivity index (χ3v) is 4.67. The number of nitrogens with one attached hydrogen (secondary N) is 3. The second kappa shape index (κ2) is 9.15. The van der Waals surface area contributed by atoms with Gasteiger partial charge in [0.05, 0.1) is 0 Å². The van der Waals surface area contributed by atoms with E-state index in [9.17, 15) is 18.0 Å². The molecule has 3 N–H and O–H groups in total. The van der Waals surface area contributed by atoms with Crippen LogP contribution < -0.4 is 25.4 Å². The highest BCUT2D eigenvalue weighted by molar-refractivity contribution is 6.00. The summed E-state index contributed by atoms with van der Waals surface area (Å²) < 4.78 is 46.6. The van der Waals surface area contributed by atoms with Crippen molar-refractivity contribution >= 4 is 17.4 Å². The van der Waals surface area contributed by atoms with E-state index in [-0.39, 0.29) is 17.3 Å². The monoisotopic (exact) mass is 444 g/mol. The maximum Gasteiger partial charge on any atom is 0.573 e. The van der Waals surface area contributed by atoms with Crippen LogP contribution in [0, 0.1) is 0 Å². The number of ether oxygens (including phenoxy) is 2. The van der Waals surface area contributed by atoms with E-state index < -0.39 is 12.4 Å². The highest BCUT2D eigenvalue weighted by Gasteiger charge is 2.31. The van der Waals surface area contributed by atoms with Crippen molar-refractivity contribution in [2.24, 2.45) is 0 Å². The Morgan fingerprint density at radius 1 is 1.03 bits per heavy atom. The van der Waals surface area contributed by atoms with Crippen LogP contribution in [0.3, 0.4) is 0 Å². The van der Waals surface area contributed by atoms with E-state index in [4.69, 9.17) is 4.74 Å². The van der Waals surface area contributed by atoms with Gasteiger partial charge in [0.2, 0.25) is 5.88 Å². The maximum absolute atomic E-state index is 12.4. The molecule has 2 heterocycles. The largest absolute Gasteiger partial charge is 0.573 e. The molecule has 0 saturated carbocycles. The number of urea groups is 1. The van der Waals surface area contributed by atoms with Gasteiger partial charge in [0.15, 0.2) is 0 Å². The van der Waals surface area contributed by atoms with Gasteiger partial charge in [0.25, 0.3) is 0 Å². The summed E-state index contributed by atoms with van der Waals surface area (Å²) in [6.45, 7) is 1.58. The van der Waals surface area contributed by atoms with Crippen LogP contribution in [-0.4, -0.2) is 23.9 Å². The van der Waals surface area contributed by atoms with Gasteiger partial charge in [-0.2, -0.15) is 0 Å². The molecule has 0 atom stereocenters. The third kappa shape index (κ3) is 5.46. The molecule has 0 aliphatic carbocycles. The quantitative estimate of drug-likeness (QED) is 0.512. The first-order valence-corrected chi connectivity index (χ1v) is 9.75. The number of carbonyl (C=O) groups is 1. The average molecular weight is 444 g/mol. The first-order valence-electron chi connectivity index (χ1n) is 9.75. The number of hydrogen-bond donors (Lipinski definition) is 3. The van der Waals surface area contributed by atoms with E-state index in [1.165, 1.54) is 17.7 Å². The van der Waals surface area contributed by atoms with E-state index in [2.05, 4.69) is 31.7 Å². The van der Waals surface area contributed by atoms with Crippen molar-refractivity contribution in [1.29, 1.82) is 0 Å². The zero-order chi connectivity index (χ0) is 22.6. The maximum atomic E-state index is 12.4. The number of benzene rings is 2. The molecule has 2 amide bonds. The zero-order valence-corrected chi connectivity index (χ0v) is 16.7. The fraction of sp³-hybridized carbons (Fsp3) is 0.182. The van der Waals surface area contributed by atoms with Crippen molar-refractivity contribution in [2.45, 2.75) is 19.3 Å². The summed E-state index contributed by atoms with van der Waals surface area (Å²) in [6, 6.07) is 13.3. The molecule has 10 heteroatoms. The minimum absolute atomic E-state index is 0.218. The summed E-state index contributed by atoms with van der Waals surface area (Å²) in [6.07, 6.45) is -2.34. The van der Waals surface area contributed by atoms with Crippen LogP contribution >= 0.6 is 0 Å². The van der Waals surface area contributed by atoms with Gasteiger partial charge < -0.3 is 25.4 Å². The molecule has 2 aromatic carbocycles. The number of anilines is 2. The van der Waals surface area contributed by atoms with E-state index >= 15 is 0 Å². The Labute approximate surface area is 181 Å². The molecule has 0 fully saturated rings. The van der Waals surface area contributed by atoms with Gasteiger partial charge in [-0.3, -0.25) is 0 Å². The van der Waals surface area contributed by atoms with Gasteiger partial charge in [-0.05, 0) is 61.0 Å². The molecule has 1 aliphatic rings. The molecule has 32 heavy (non-hydrogen) atoms. The number of carbonyl (C=O) groups excluding carboxylic acids is 1. The van der Waals surface area contributed by atoms with E-state index in [1.54, 1.807) is 18.3 Å². The van der Waals surface area contributed by atoms with Crippen LogP contribution in [0.2, 0.25) is 0 Å². The number of rotatable bonds is 5. The lowest BCUT2D eigenvalue weighted by molar-refractivity contribution is -0.274. The lowest BCUT2D eigenvalue weighted by Crippen LogP contribution is -2.24. The standard InChI is InChI=1S/C22H19F3N4O3/c23-22(24,25)32-16-8-6-15(7-9-16)28-21(30)29-18-4-2-11-27-20(18)31-19-5-1-3-14-10-12-26-13-17(14)19/h1-9,11,26H,10,12-13H2,(H2,28,29,30). The summed E-state index contributed by atoms with van der Waals surface area (Å²) in [5.74, 6) is 0.486. The van der Waals surface area contributed by atoms with Gasteiger partial charge in [-0.15, -0.1) is 13.2 Å². The van der Waals surface area contributed by atoms with Crippen LogP contribution in [0.15, 0.2) is 60.8 Å². The average Bonchev–Trinajstić information content (AvgIpc) is 2.76. The van der Waals surface area contributed by atoms with Gasteiger partial charge in [0.1, 0.15) is 17.2 Å². The van der Waals surface area contributed by atoms with Crippen molar-refractivity contribution in [3.8, 4) is 17.4 Å². The number of alkyl halides is 3. The first-order chi connectivity index (χ1) is 15.4. The Hall–Kier alpha value is -3.79. The fourth-order valence-electron chi connectivity index (χ4n) is 3.27. The Kier molecular flexibility index (Phi) is 6.13. The van der Waals surface area contributed by atoms with E-state index in [0.29, 0.717) is 18.0 Å². The highest BCUT2D eigenvalue weighted by Crippen LogP contribution is 2.32. The fourth-order valence-corrected chi connectivity index (χ4v) is 3.27. The van der Waals surface area contributed by atoms with Crippen molar-refractivity contribution < 1.29 is 27.4 Å². The molecule has 1 aromatic heterocycles. The predicted octanol–water partition coefficient (Wildman–Crippen LogP) is 5.06. The van der Waals surface area contributed by atoms with Crippen molar-refractivity contribution in [3.05, 3.63) is 71.9 Å². The molecule has 7 nitrogen and oxygen atoms in total.